The Morgan fingerprint density at radius 2 is 0.509 bits per heavy atom. The summed E-state index contributed by atoms with van der Waals surface area (Å²) >= 11 is 0. The maximum absolute atomic E-state index is 13.1. The summed E-state index contributed by atoms with van der Waals surface area (Å²) < 4.78 is 68.3. The molecule has 0 aliphatic heterocycles. The fraction of sp³-hybridized carbons (Fsp3) is 0.517. The topological polar surface area (TPSA) is 237 Å². The van der Waals surface area contributed by atoms with E-state index in [0.29, 0.717) is 38.5 Å². The summed E-state index contributed by atoms with van der Waals surface area (Å²) in [5, 5.41) is 10.6. The number of carbonyl (C=O) groups excluding carboxylic acids is 4. The van der Waals surface area contributed by atoms with Gasteiger partial charge in [-0.1, -0.05) is 265 Å². The van der Waals surface area contributed by atoms with Gasteiger partial charge < -0.3 is 33.8 Å². The minimum atomic E-state index is -5.03. The van der Waals surface area contributed by atoms with Gasteiger partial charge in [0.25, 0.3) is 0 Å². The molecule has 0 aromatic carbocycles. The van der Waals surface area contributed by atoms with E-state index in [4.69, 9.17) is 37.0 Å². The largest absolute Gasteiger partial charge is 0.472 e. The van der Waals surface area contributed by atoms with Crippen LogP contribution in [0.3, 0.4) is 0 Å². The van der Waals surface area contributed by atoms with Crippen molar-refractivity contribution in [2.75, 3.05) is 39.6 Å². The Labute approximate surface area is 638 Å². The average Bonchev–Trinajstić information content (AvgIpc) is 0.902. The van der Waals surface area contributed by atoms with E-state index in [-0.39, 0.29) is 25.7 Å². The number of allylic oxidation sites excluding steroid dienone is 37. The van der Waals surface area contributed by atoms with Crippen molar-refractivity contribution < 1.29 is 80.2 Å². The van der Waals surface area contributed by atoms with Crippen molar-refractivity contribution in [2.24, 2.45) is 0 Å². The van der Waals surface area contributed by atoms with Crippen molar-refractivity contribution in [3.63, 3.8) is 0 Å². The van der Waals surface area contributed by atoms with E-state index in [1.807, 2.05) is 36.5 Å². The second kappa shape index (κ2) is 76.3. The van der Waals surface area contributed by atoms with Gasteiger partial charge in [0.1, 0.15) is 19.3 Å². The second-order valence-corrected chi connectivity index (χ2v) is 27.3. The van der Waals surface area contributed by atoms with Gasteiger partial charge in [-0.2, -0.15) is 0 Å². The lowest BCUT2D eigenvalue weighted by molar-refractivity contribution is -0.161. The lowest BCUT2D eigenvalue weighted by atomic mass is 10.1. The predicted octanol–water partition coefficient (Wildman–Crippen LogP) is 22.7. The van der Waals surface area contributed by atoms with Crippen LogP contribution in [0.5, 0.6) is 0 Å². The van der Waals surface area contributed by atoms with Crippen LogP contribution >= 0.6 is 15.6 Å². The van der Waals surface area contributed by atoms with E-state index in [0.717, 1.165) is 141 Å². The standard InChI is InChI=1S/C87H132O17P2/c1-5-9-13-17-21-25-29-33-37-39-40-42-45-48-52-56-60-64-68-72-85(90)98-78-83(104-87(92)74-70-66-62-58-54-50-46-41-38-34-30-26-22-18-14-10-6-2)80-102-106(95,96)100-76-81(88)75-99-105(93,94)101-79-82(103-86(91)73-69-65-61-57-53-49-44-36-32-28-24-20-16-12-8-4)77-97-84(89)71-67-63-59-55-51-47-43-35-31-27-23-19-15-11-7-3/h9-16,21-28,33-38,40,42-44,46,48,50-53,55,57-58,62-63,67,81-83,88H,5-8,17-20,29-32,39,41,45,47,49,54,56,59-61,64-66,68-80H2,1-4H3,(H,93,94)(H,95,96)/b13-9-,14-10-,15-11-,16-12-,25-21-,26-22-,27-23-,28-24-,37-33-,38-34-,42-40-,43-35-,44-36-,50-46-,52-48-,55-51-,57-53-,62-58-,67-63-. The molecule has 5 unspecified atom stereocenters. The Morgan fingerprint density at radius 3 is 0.830 bits per heavy atom. The molecule has 0 fully saturated rings. The Hall–Kier alpha value is -6.88. The Bertz CT molecular complexity index is 2930. The highest BCUT2D eigenvalue weighted by molar-refractivity contribution is 7.47. The summed E-state index contributed by atoms with van der Waals surface area (Å²) in [6.07, 6.45) is 98.0. The number of carbonyl (C=O) groups is 4. The Morgan fingerprint density at radius 1 is 0.274 bits per heavy atom. The Balaban J connectivity index is 5.59. The summed E-state index contributed by atoms with van der Waals surface area (Å²) in [6, 6.07) is 0. The van der Waals surface area contributed by atoms with Crippen LogP contribution in [0.15, 0.2) is 231 Å². The van der Waals surface area contributed by atoms with Crippen molar-refractivity contribution in [3.8, 4) is 0 Å². The van der Waals surface area contributed by atoms with Crippen LogP contribution in [0.25, 0.3) is 0 Å². The quantitative estimate of drug-likeness (QED) is 0.0169. The molecule has 17 nitrogen and oxygen atoms in total. The number of rotatable bonds is 69. The third-order valence-corrected chi connectivity index (χ3v) is 16.5. The second-order valence-electron chi connectivity index (χ2n) is 24.4. The monoisotopic (exact) mass is 1510 g/mol. The number of hydrogen-bond donors (Lipinski definition) is 3. The van der Waals surface area contributed by atoms with Gasteiger partial charge in [-0.3, -0.25) is 37.3 Å². The smallest absolute Gasteiger partial charge is 0.462 e. The van der Waals surface area contributed by atoms with Crippen molar-refractivity contribution in [1.29, 1.82) is 0 Å². The summed E-state index contributed by atoms with van der Waals surface area (Å²) in [5.74, 6) is -2.51. The van der Waals surface area contributed by atoms with E-state index in [9.17, 15) is 43.2 Å². The molecule has 0 aromatic rings. The molecule has 3 N–H and O–H groups in total. The molecule has 5 atom stereocenters. The third kappa shape index (κ3) is 75.4. The van der Waals surface area contributed by atoms with Gasteiger partial charge >= 0.3 is 39.5 Å². The van der Waals surface area contributed by atoms with Gasteiger partial charge in [-0.05, 0) is 173 Å². The van der Waals surface area contributed by atoms with E-state index in [1.54, 1.807) is 6.08 Å². The lowest BCUT2D eigenvalue weighted by Gasteiger charge is -2.21. The minimum Gasteiger partial charge on any atom is -0.462 e. The highest BCUT2D eigenvalue weighted by atomic mass is 31.2. The fourth-order valence-electron chi connectivity index (χ4n) is 8.93. The molecule has 0 radical (unpaired) electrons. The maximum Gasteiger partial charge on any atom is 0.472 e. The Kier molecular flexibility index (Phi) is 71.4. The zero-order valence-electron chi connectivity index (χ0n) is 64.5. The molecule has 0 aliphatic carbocycles. The molecule has 0 aliphatic rings. The number of aliphatic hydroxyl groups excluding tert-OH is 1. The van der Waals surface area contributed by atoms with Gasteiger partial charge in [-0.25, -0.2) is 9.13 Å². The highest BCUT2D eigenvalue weighted by Gasteiger charge is 2.30. The molecule has 0 saturated heterocycles. The highest BCUT2D eigenvalue weighted by Crippen LogP contribution is 2.45. The molecule has 106 heavy (non-hydrogen) atoms. The van der Waals surface area contributed by atoms with Crippen molar-refractivity contribution in [2.45, 2.75) is 251 Å². The van der Waals surface area contributed by atoms with Crippen molar-refractivity contribution in [3.05, 3.63) is 231 Å². The van der Waals surface area contributed by atoms with Crippen LogP contribution in [-0.4, -0.2) is 96.7 Å². The number of phosphoric ester groups is 2. The van der Waals surface area contributed by atoms with E-state index >= 15 is 0 Å². The number of unbranched alkanes of at least 4 members (excludes halogenated alkanes) is 6. The van der Waals surface area contributed by atoms with Crippen molar-refractivity contribution in [1.82, 2.24) is 0 Å². The van der Waals surface area contributed by atoms with E-state index in [2.05, 4.69) is 216 Å². The predicted molar refractivity (Wildman–Crippen MR) is 435 cm³/mol. The molecule has 0 bridgehead atoms. The summed E-state index contributed by atoms with van der Waals surface area (Å²) in [4.78, 5) is 72.9. The van der Waals surface area contributed by atoms with Crippen LogP contribution in [0.2, 0.25) is 0 Å². The van der Waals surface area contributed by atoms with Crippen LogP contribution in [0.1, 0.15) is 233 Å². The number of phosphoric acid groups is 2. The molecule has 0 spiro atoms. The fourth-order valence-corrected chi connectivity index (χ4v) is 10.5. The first kappa shape index (κ1) is 99.1. The molecule has 0 saturated carbocycles. The first-order valence-electron chi connectivity index (χ1n) is 38.6. The average molecular weight is 1510 g/mol. The molecule has 0 rings (SSSR count). The summed E-state index contributed by atoms with van der Waals surface area (Å²) in [7, 11) is -10.1. The summed E-state index contributed by atoms with van der Waals surface area (Å²) in [6.45, 7) is 4.08. The van der Waals surface area contributed by atoms with Crippen LogP contribution < -0.4 is 0 Å². The minimum absolute atomic E-state index is 0.00551. The van der Waals surface area contributed by atoms with Gasteiger partial charge in [0, 0.05) is 19.3 Å². The third-order valence-electron chi connectivity index (χ3n) is 14.6. The first-order chi connectivity index (χ1) is 51.7. The maximum atomic E-state index is 13.1. The zero-order chi connectivity index (χ0) is 77.4. The molecule has 0 amide bonds. The lowest BCUT2D eigenvalue weighted by Crippen LogP contribution is -2.30. The van der Waals surface area contributed by atoms with E-state index in [1.165, 1.54) is 0 Å². The molecule has 592 valence electrons. The van der Waals surface area contributed by atoms with Crippen LogP contribution in [-0.2, 0) is 65.4 Å². The van der Waals surface area contributed by atoms with Crippen LogP contribution in [0.4, 0.5) is 0 Å². The molecular weight excluding hydrogens is 1380 g/mol. The van der Waals surface area contributed by atoms with Crippen molar-refractivity contribution >= 4 is 39.5 Å². The van der Waals surface area contributed by atoms with Gasteiger partial charge in [0.15, 0.2) is 12.2 Å². The summed E-state index contributed by atoms with van der Waals surface area (Å²) in [5.41, 5.74) is 0. The number of esters is 4. The first-order valence-corrected chi connectivity index (χ1v) is 41.6. The number of hydrogen-bond acceptors (Lipinski definition) is 15. The molecule has 0 aromatic heterocycles. The van der Waals surface area contributed by atoms with Gasteiger partial charge in [-0.15, -0.1) is 0 Å². The SMILES string of the molecule is CC/C=C\C/C=C\C/C=C\C/C=C\C/C=C\CCCCCC(=O)OCC(COP(=O)(O)OCC(O)COP(=O)(O)OCC(COC(=O)C/C=C\C/C=C\C/C=C\C/C=C\C/C=C\CC)OC(=O)CCCC/C=C\C/C=C\C/C=C\C/C=C\CC)OC(=O)CCC/C=C\C/C=C\C/C=C\C/C=C\C/C=C\CC. The van der Waals surface area contributed by atoms with Crippen LogP contribution in [0, 0.1) is 0 Å². The van der Waals surface area contributed by atoms with Gasteiger partial charge in [0.05, 0.1) is 32.8 Å². The van der Waals surface area contributed by atoms with E-state index < -0.39 is 97.5 Å². The van der Waals surface area contributed by atoms with Gasteiger partial charge in [0.2, 0.25) is 0 Å². The zero-order valence-corrected chi connectivity index (χ0v) is 66.3. The molecule has 0 heterocycles. The number of ether oxygens (including phenoxy) is 4. The number of aliphatic hydroxyl groups is 1. The molecule has 19 heteroatoms. The normalized spacial score (nSPS) is 15.1. The molecular formula is C87H132O17P2.